The molecule has 0 radical (unpaired) electrons. The first-order valence-corrected chi connectivity index (χ1v) is 8.21. The van der Waals surface area contributed by atoms with Crippen molar-refractivity contribution in [1.29, 1.82) is 0 Å². The van der Waals surface area contributed by atoms with Crippen molar-refractivity contribution < 1.29 is 14.3 Å². The number of ether oxygens (including phenoxy) is 1. The zero-order valence-electron chi connectivity index (χ0n) is 14.0. The highest BCUT2D eigenvalue weighted by Gasteiger charge is 2.21. The Labute approximate surface area is 149 Å². The highest BCUT2D eigenvalue weighted by atomic mass is 35.5. The molecule has 0 aromatic heterocycles. The molecule has 0 atom stereocenters. The van der Waals surface area contributed by atoms with E-state index in [1.54, 1.807) is 17.0 Å². The zero-order chi connectivity index (χ0) is 16.5. The number of nitrogens with zero attached hydrogens (tertiary/aromatic N) is 1. The number of anilines is 1. The summed E-state index contributed by atoms with van der Waals surface area (Å²) in [6, 6.07) is 7.28. The van der Waals surface area contributed by atoms with Gasteiger partial charge in [-0.05, 0) is 43.7 Å². The molecule has 1 heterocycles. The normalized spacial score (nSPS) is 13.5. The molecule has 134 valence electrons. The van der Waals surface area contributed by atoms with Crippen molar-refractivity contribution in [3.63, 3.8) is 0 Å². The maximum Gasteiger partial charge on any atom is 0.257 e. The molecule has 6 nitrogen and oxygen atoms in total. The summed E-state index contributed by atoms with van der Waals surface area (Å²) in [5, 5.41) is 6.01. The lowest BCUT2D eigenvalue weighted by Gasteiger charge is -2.16. The van der Waals surface area contributed by atoms with Gasteiger partial charge in [-0.15, -0.1) is 12.4 Å². The number of hydrogen-bond acceptors (Lipinski definition) is 4. The summed E-state index contributed by atoms with van der Waals surface area (Å²) in [5.41, 5.74) is 0.881. The fourth-order valence-corrected chi connectivity index (χ4v) is 2.44. The second kappa shape index (κ2) is 10.9. The Bertz CT molecular complexity index is 522. The molecule has 0 saturated carbocycles. The SMILES string of the molecule is CCCNCCNC(=O)COc1ccc(N2CCCC2=O)cc1.Cl. The van der Waals surface area contributed by atoms with Gasteiger partial charge < -0.3 is 20.3 Å². The first kappa shape index (κ1) is 20.3. The van der Waals surface area contributed by atoms with Crippen LogP contribution >= 0.6 is 12.4 Å². The second-order valence-corrected chi connectivity index (χ2v) is 5.53. The maximum absolute atomic E-state index is 11.7. The predicted molar refractivity (Wildman–Crippen MR) is 96.9 cm³/mol. The summed E-state index contributed by atoms with van der Waals surface area (Å²) >= 11 is 0. The first-order chi connectivity index (χ1) is 11.2. The number of hydrogen-bond donors (Lipinski definition) is 2. The summed E-state index contributed by atoms with van der Waals surface area (Å²) in [6.45, 7) is 5.18. The van der Waals surface area contributed by atoms with Crippen LogP contribution in [-0.4, -0.2) is 44.6 Å². The van der Waals surface area contributed by atoms with Gasteiger partial charge >= 0.3 is 0 Å². The van der Waals surface area contributed by atoms with Crippen LogP contribution in [0.25, 0.3) is 0 Å². The molecule has 0 unspecified atom stereocenters. The van der Waals surface area contributed by atoms with E-state index in [1.807, 2.05) is 12.1 Å². The molecule has 1 aromatic rings. The van der Waals surface area contributed by atoms with Crippen molar-refractivity contribution >= 4 is 29.9 Å². The molecule has 2 amide bonds. The molecule has 24 heavy (non-hydrogen) atoms. The van der Waals surface area contributed by atoms with Gasteiger partial charge in [-0.25, -0.2) is 0 Å². The predicted octanol–water partition coefficient (Wildman–Crippen LogP) is 1.73. The quantitative estimate of drug-likeness (QED) is 0.662. The third kappa shape index (κ3) is 6.37. The molecule has 0 spiro atoms. The minimum absolute atomic E-state index is 0. The first-order valence-electron chi connectivity index (χ1n) is 8.21. The average molecular weight is 356 g/mol. The number of amides is 2. The Morgan fingerprint density at radius 3 is 2.58 bits per heavy atom. The van der Waals surface area contributed by atoms with Crippen LogP contribution in [0.15, 0.2) is 24.3 Å². The standard InChI is InChI=1S/C17H25N3O3.ClH/c1-2-9-18-10-11-19-16(21)13-23-15-7-5-14(6-8-15)20-12-3-4-17(20)22;/h5-8,18H,2-4,9-13H2,1H3,(H,19,21);1H. The van der Waals surface area contributed by atoms with Crippen LogP contribution in [0.5, 0.6) is 5.75 Å². The van der Waals surface area contributed by atoms with Gasteiger partial charge in [-0.3, -0.25) is 9.59 Å². The van der Waals surface area contributed by atoms with Gasteiger partial charge in [0.15, 0.2) is 6.61 Å². The van der Waals surface area contributed by atoms with Crippen LogP contribution in [0.1, 0.15) is 26.2 Å². The number of carbonyl (C=O) groups is 2. The maximum atomic E-state index is 11.7. The van der Waals surface area contributed by atoms with E-state index >= 15 is 0 Å². The third-order valence-corrected chi connectivity index (χ3v) is 3.64. The van der Waals surface area contributed by atoms with Gasteiger partial charge in [0.25, 0.3) is 5.91 Å². The van der Waals surface area contributed by atoms with Crippen molar-refractivity contribution in [3.8, 4) is 5.75 Å². The van der Waals surface area contributed by atoms with E-state index in [9.17, 15) is 9.59 Å². The lowest BCUT2D eigenvalue weighted by Crippen LogP contribution is -2.35. The lowest BCUT2D eigenvalue weighted by molar-refractivity contribution is -0.123. The van der Waals surface area contributed by atoms with Crippen LogP contribution in [0.4, 0.5) is 5.69 Å². The zero-order valence-corrected chi connectivity index (χ0v) is 14.9. The van der Waals surface area contributed by atoms with E-state index in [0.717, 1.165) is 38.2 Å². The topological polar surface area (TPSA) is 70.7 Å². The molecule has 1 aliphatic rings. The summed E-state index contributed by atoms with van der Waals surface area (Å²) < 4.78 is 5.45. The highest BCUT2D eigenvalue weighted by Crippen LogP contribution is 2.23. The van der Waals surface area contributed by atoms with Crippen LogP contribution in [0.2, 0.25) is 0 Å². The molecule has 0 bridgehead atoms. The minimum Gasteiger partial charge on any atom is -0.484 e. The molecular formula is C17H26ClN3O3. The number of benzene rings is 1. The van der Waals surface area contributed by atoms with Gasteiger partial charge in [0.1, 0.15) is 5.75 Å². The van der Waals surface area contributed by atoms with Crippen molar-refractivity contribution in [3.05, 3.63) is 24.3 Å². The van der Waals surface area contributed by atoms with Crippen LogP contribution in [0, 0.1) is 0 Å². The molecule has 0 aliphatic carbocycles. The third-order valence-electron chi connectivity index (χ3n) is 3.64. The smallest absolute Gasteiger partial charge is 0.257 e. The van der Waals surface area contributed by atoms with Gasteiger partial charge in [-0.2, -0.15) is 0 Å². The monoisotopic (exact) mass is 355 g/mol. The van der Waals surface area contributed by atoms with E-state index in [0.29, 0.717) is 18.7 Å². The summed E-state index contributed by atoms with van der Waals surface area (Å²) in [5.74, 6) is 0.650. The number of rotatable bonds is 9. The molecule has 1 saturated heterocycles. The molecule has 2 N–H and O–H groups in total. The summed E-state index contributed by atoms with van der Waals surface area (Å²) in [7, 11) is 0. The summed E-state index contributed by atoms with van der Waals surface area (Å²) in [4.78, 5) is 25.1. The Kier molecular flexibility index (Phi) is 9.19. The van der Waals surface area contributed by atoms with E-state index in [4.69, 9.17) is 4.74 Å². The van der Waals surface area contributed by atoms with E-state index in [-0.39, 0.29) is 30.8 Å². The Balaban J connectivity index is 0.00000288. The van der Waals surface area contributed by atoms with E-state index in [2.05, 4.69) is 17.6 Å². The van der Waals surface area contributed by atoms with Crippen LogP contribution in [-0.2, 0) is 9.59 Å². The van der Waals surface area contributed by atoms with Crippen LogP contribution in [0.3, 0.4) is 0 Å². The summed E-state index contributed by atoms with van der Waals surface area (Å²) in [6.07, 6.45) is 2.60. The van der Waals surface area contributed by atoms with Crippen molar-refractivity contribution in [2.75, 3.05) is 37.7 Å². The number of halogens is 1. The molecule has 1 aromatic carbocycles. The van der Waals surface area contributed by atoms with E-state index in [1.165, 1.54) is 0 Å². The lowest BCUT2D eigenvalue weighted by atomic mass is 10.3. The van der Waals surface area contributed by atoms with Gasteiger partial charge in [0.2, 0.25) is 5.91 Å². The fraction of sp³-hybridized carbons (Fsp3) is 0.529. The highest BCUT2D eigenvalue weighted by molar-refractivity contribution is 5.95. The number of carbonyl (C=O) groups excluding carboxylic acids is 2. The Morgan fingerprint density at radius 2 is 1.96 bits per heavy atom. The fourth-order valence-electron chi connectivity index (χ4n) is 2.44. The second-order valence-electron chi connectivity index (χ2n) is 5.53. The molecule has 2 rings (SSSR count). The van der Waals surface area contributed by atoms with Crippen LogP contribution < -0.4 is 20.3 Å². The molecular weight excluding hydrogens is 330 g/mol. The Morgan fingerprint density at radius 1 is 1.21 bits per heavy atom. The van der Waals surface area contributed by atoms with Gasteiger partial charge in [-0.1, -0.05) is 6.92 Å². The largest absolute Gasteiger partial charge is 0.484 e. The van der Waals surface area contributed by atoms with Crippen molar-refractivity contribution in [2.45, 2.75) is 26.2 Å². The number of nitrogens with one attached hydrogen (secondary N) is 2. The molecule has 7 heteroatoms. The van der Waals surface area contributed by atoms with Gasteiger partial charge in [0, 0.05) is 31.7 Å². The Hall–Kier alpha value is -1.79. The van der Waals surface area contributed by atoms with Crippen molar-refractivity contribution in [1.82, 2.24) is 10.6 Å². The minimum atomic E-state index is -0.137. The molecule has 1 aliphatic heterocycles. The average Bonchev–Trinajstić information content (AvgIpc) is 2.99. The van der Waals surface area contributed by atoms with Gasteiger partial charge in [0.05, 0.1) is 0 Å². The van der Waals surface area contributed by atoms with Crippen molar-refractivity contribution in [2.24, 2.45) is 0 Å². The molecule has 1 fully saturated rings. The van der Waals surface area contributed by atoms with E-state index < -0.39 is 0 Å².